The topological polar surface area (TPSA) is 78.9 Å². The Morgan fingerprint density at radius 1 is 0.247 bits per heavy atom. The summed E-state index contributed by atoms with van der Waals surface area (Å²) in [7, 11) is 0. The molecule has 0 N–H and O–H groups in total. The largest absolute Gasteiger partial charge is 0.462 e. The molecule has 0 saturated heterocycles. The molecule has 0 fully saturated rings. The molecule has 456 valence electrons. The molecule has 77 heavy (non-hydrogen) atoms. The molecule has 0 radical (unpaired) electrons. The maximum Gasteiger partial charge on any atom is 0.306 e. The molecule has 0 saturated carbocycles. The third-order valence-corrected chi connectivity index (χ3v) is 16.3. The van der Waals surface area contributed by atoms with Gasteiger partial charge in [-0.1, -0.05) is 354 Å². The lowest BCUT2D eigenvalue weighted by molar-refractivity contribution is -0.167. The average Bonchev–Trinajstić information content (AvgIpc) is 3.43. The van der Waals surface area contributed by atoms with Crippen molar-refractivity contribution in [1.29, 1.82) is 0 Å². The molecule has 0 heterocycles. The van der Waals surface area contributed by atoms with Crippen LogP contribution in [-0.2, 0) is 28.6 Å². The summed E-state index contributed by atoms with van der Waals surface area (Å²) in [6, 6.07) is 0. The highest BCUT2D eigenvalue weighted by atomic mass is 16.6. The van der Waals surface area contributed by atoms with Crippen LogP contribution >= 0.6 is 0 Å². The maximum atomic E-state index is 12.9. The number of hydrogen-bond acceptors (Lipinski definition) is 6. The SMILES string of the molecule is CCCCCC/C=C\CCCCCCCC(=O)OC(COC(=O)CCCCCCCCCCCCCC)COC(=O)CCCCCCCCCCCCCCCCCCCCCCCCCCCCCCCCCCCC. The first-order valence-corrected chi connectivity index (χ1v) is 35.2. The molecule has 0 amide bonds. The van der Waals surface area contributed by atoms with Gasteiger partial charge in [-0.15, -0.1) is 0 Å². The summed E-state index contributed by atoms with van der Waals surface area (Å²) in [5.41, 5.74) is 0. The molecule has 0 aromatic carbocycles. The van der Waals surface area contributed by atoms with Crippen molar-refractivity contribution in [2.75, 3.05) is 13.2 Å². The number of carbonyl (C=O) groups is 3. The van der Waals surface area contributed by atoms with Gasteiger partial charge in [0.1, 0.15) is 13.2 Å². The first-order valence-electron chi connectivity index (χ1n) is 35.2. The molecule has 6 heteroatoms. The minimum absolute atomic E-state index is 0.0672. The van der Waals surface area contributed by atoms with Gasteiger partial charge >= 0.3 is 17.9 Å². The quantitative estimate of drug-likeness (QED) is 0.0261. The molecule has 0 rings (SSSR count). The Kier molecular flexibility index (Phi) is 65.1. The van der Waals surface area contributed by atoms with Crippen LogP contribution in [0.3, 0.4) is 0 Å². The number of carbonyl (C=O) groups excluding carboxylic acids is 3. The number of ether oxygens (including phenoxy) is 3. The smallest absolute Gasteiger partial charge is 0.306 e. The lowest BCUT2D eigenvalue weighted by Gasteiger charge is -2.18. The van der Waals surface area contributed by atoms with E-state index in [9.17, 15) is 14.4 Å². The maximum absolute atomic E-state index is 12.9. The van der Waals surface area contributed by atoms with Gasteiger partial charge in [0.2, 0.25) is 0 Å². The van der Waals surface area contributed by atoms with Gasteiger partial charge in [-0.2, -0.15) is 0 Å². The number of rotatable bonds is 66. The first kappa shape index (κ1) is 75.2. The Hall–Kier alpha value is -1.85. The first-order chi connectivity index (χ1) is 38.0. The molecule has 1 unspecified atom stereocenters. The van der Waals surface area contributed by atoms with E-state index in [-0.39, 0.29) is 31.1 Å². The Morgan fingerprint density at radius 3 is 0.662 bits per heavy atom. The molecular formula is C71H136O6. The van der Waals surface area contributed by atoms with Crippen LogP contribution in [0.5, 0.6) is 0 Å². The van der Waals surface area contributed by atoms with Crippen LogP contribution in [0.1, 0.15) is 406 Å². The van der Waals surface area contributed by atoms with Crippen LogP contribution < -0.4 is 0 Å². The summed E-state index contributed by atoms with van der Waals surface area (Å²) in [5, 5.41) is 0. The zero-order valence-electron chi connectivity index (χ0n) is 52.5. The molecule has 0 bridgehead atoms. The highest BCUT2D eigenvalue weighted by molar-refractivity contribution is 5.71. The van der Waals surface area contributed by atoms with E-state index in [4.69, 9.17) is 14.2 Å². The van der Waals surface area contributed by atoms with Gasteiger partial charge in [-0.05, 0) is 44.9 Å². The summed E-state index contributed by atoms with van der Waals surface area (Å²) in [6.45, 7) is 6.69. The van der Waals surface area contributed by atoms with Crippen molar-refractivity contribution in [3.05, 3.63) is 12.2 Å². The third-order valence-electron chi connectivity index (χ3n) is 16.3. The standard InChI is InChI=1S/C71H136O6/c1-4-7-10-13-16-19-22-25-26-27-28-29-30-31-32-33-34-35-36-37-38-39-40-41-42-43-44-45-47-49-52-55-58-61-64-70(73)76-67-68(66-75-69(72)63-60-57-54-51-48-24-21-18-15-12-9-6-3)77-71(74)65-62-59-56-53-50-46-23-20-17-14-11-8-5-2/h20,23,68H,4-19,21-22,24-67H2,1-3H3/b23-20-. The Morgan fingerprint density at radius 2 is 0.429 bits per heavy atom. The van der Waals surface area contributed by atoms with Crippen molar-refractivity contribution in [2.45, 2.75) is 412 Å². The van der Waals surface area contributed by atoms with E-state index < -0.39 is 6.10 Å². The van der Waals surface area contributed by atoms with Crippen LogP contribution in [0, 0.1) is 0 Å². The predicted molar refractivity (Wildman–Crippen MR) is 335 cm³/mol. The lowest BCUT2D eigenvalue weighted by atomic mass is 10.0. The minimum Gasteiger partial charge on any atom is -0.462 e. The fourth-order valence-electron chi connectivity index (χ4n) is 11.0. The van der Waals surface area contributed by atoms with Crippen LogP contribution in [-0.4, -0.2) is 37.2 Å². The highest BCUT2D eigenvalue weighted by Crippen LogP contribution is 2.19. The van der Waals surface area contributed by atoms with E-state index in [0.717, 1.165) is 64.2 Å². The molecule has 0 aromatic heterocycles. The van der Waals surface area contributed by atoms with Gasteiger partial charge < -0.3 is 14.2 Å². The molecule has 6 nitrogen and oxygen atoms in total. The summed E-state index contributed by atoms with van der Waals surface area (Å²) in [6.07, 6.45) is 79.9. The number of hydrogen-bond donors (Lipinski definition) is 0. The van der Waals surface area contributed by atoms with Gasteiger partial charge in [-0.25, -0.2) is 0 Å². The third kappa shape index (κ3) is 64.9. The average molecular weight is 1090 g/mol. The van der Waals surface area contributed by atoms with Crippen molar-refractivity contribution >= 4 is 17.9 Å². The van der Waals surface area contributed by atoms with Gasteiger partial charge in [0.05, 0.1) is 0 Å². The van der Waals surface area contributed by atoms with Crippen LogP contribution in [0.2, 0.25) is 0 Å². The van der Waals surface area contributed by atoms with E-state index in [1.165, 1.54) is 302 Å². The van der Waals surface area contributed by atoms with Crippen LogP contribution in [0.25, 0.3) is 0 Å². The summed E-state index contributed by atoms with van der Waals surface area (Å²) in [4.78, 5) is 38.2. The number of unbranched alkanes of at least 4 members (excludes halogenated alkanes) is 53. The Balaban J connectivity index is 3.98. The van der Waals surface area contributed by atoms with Crippen LogP contribution in [0.4, 0.5) is 0 Å². The number of allylic oxidation sites excluding steroid dienone is 2. The molecular weight excluding hydrogens is 949 g/mol. The van der Waals surface area contributed by atoms with Gasteiger partial charge in [0.25, 0.3) is 0 Å². The fourth-order valence-corrected chi connectivity index (χ4v) is 11.0. The van der Waals surface area contributed by atoms with Gasteiger partial charge in [0.15, 0.2) is 6.10 Å². The van der Waals surface area contributed by atoms with Crippen LogP contribution in [0.15, 0.2) is 12.2 Å². The Labute approximate surface area is 481 Å². The fraction of sp³-hybridized carbons (Fsp3) is 0.930. The second kappa shape index (κ2) is 66.7. The van der Waals surface area contributed by atoms with Crippen molar-refractivity contribution in [2.24, 2.45) is 0 Å². The molecule has 0 aliphatic rings. The monoisotopic (exact) mass is 1090 g/mol. The highest BCUT2D eigenvalue weighted by Gasteiger charge is 2.19. The van der Waals surface area contributed by atoms with Crippen molar-refractivity contribution in [1.82, 2.24) is 0 Å². The molecule has 0 aliphatic carbocycles. The van der Waals surface area contributed by atoms with E-state index in [1.54, 1.807) is 0 Å². The summed E-state index contributed by atoms with van der Waals surface area (Å²) in [5.74, 6) is -0.848. The molecule has 0 aromatic rings. The Bertz CT molecular complexity index is 1200. The second-order valence-corrected chi connectivity index (χ2v) is 24.2. The number of esters is 3. The molecule has 0 aliphatic heterocycles. The van der Waals surface area contributed by atoms with Gasteiger partial charge in [0, 0.05) is 19.3 Å². The molecule has 0 spiro atoms. The van der Waals surface area contributed by atoms with Crippen molar-refractivity contribution in [3.63, 3.8) is 0 Å². The van der Waals surface area contributed by atoms with Crippen molar-refractivity contribution in [3.8, 4) is 0 Å². The lowest BCUT2D eigenvalue weighted by Crippen LogP contribution is -2.30. The van der Waals surface area contributed by atoms with Gasteiger partial charge in [-0.3, -0.25) is 14.4 Å². The zero-order chi connectivity index (χ0) is 55.7. The summed E-state index contributed by atoms with van der Waals surface area (Å²) >= 11 is 0. The summed E-state index contributed by atoms with van der Waals surface area (Å²) < 4.78 is 16.9. The van der Waals surface area contributed by atoms with E-state index >= 15 is 0 Å². The van der Waals surface area contributed by atoms with Crippen molar-refractivity contribution < 1.29 is 28.6 Å². The van der Waals surface area contributed by atoms with E-state index in [0.29, 0.717) is 19.3 Å². The van der Waals surface area contributed by atoms with E-state index in [2.05, 4.69) is 32.9 Å². The predicted octanol–water partition coefficient (Wildman–Crippen LogP) is 24.0. The zero-order valence-corrected chi connectivity index (χ0v) is 52.5. The second-order valence-electron chi connectivity index (χ2n) is 24.2. The minimum atomic E-state index is -0.769. The normalized spacial score (nSPS) is 12.0. The molecule has 1 atom stereocenters. The van der Waals surface area contributed by atoms with E-state index in [1.807, 2.05) is 0 Å².